The maximum absolute atomic E-state index is 12.3. The Bertz CT molecular complexity index is 621. The van der Waals surface area contributed by atoms with Gasteiger partial charge in [0.1, 0.15) is 5.75 Å². The number of hydrogen-bond donors (Lipinski definition) is 1. The van der Waals surface area contributed by atoms with Crippen LogP contribution in [0.15, 0.2) is 48.5 Å². The average Bonchev–Trinajstić information content (AvgIpc) is 2.47. The van der Waals surface area contributed by atoms with Crippen molar-refractivity contribution in [3.63, 3.8) is 0 Å². The molecule has 0 saturated carbocycles. The smallest absolute Gasteiger partial charge is 0.387 e. The number of halogens is 2. The first-order valence-electron chi connectivity index (χ1n) is 6.69. The minimum atomic E-state index is -2.80. The van der Waals surface area contributed by atoms with Crippen molar-refractivity contribution in [1.29, 1.82) is 0 Å². The Morgan fingerprint density at radius 1 is 1.14 bits per heavy atom. The van der Waals surface area contributed by atoms with Gasteiger partial charge in [0.05, 0.1) is 6.04 Å². The molecule has 21 heavy (non-hydrogen) atoms. The van der Waals surface area contributed by atoms with Crippen LogP contribution < -0.4 is 10.1 Å². The number of thioether (sulfide) groups is 1. The normalized spacial score (nSPS) is 17.4. The van der Waals surface area contributed by atoms with E-state index in [0.717, 1.165) is 17.2 Å². The van der Waals surface area contributed by atoms with Crippen LogP contribution in [0.5, 0.6) is 5.75 Å². The first-order chi connectivity index (χ1) is 10.2. The highest BCUT2D eigenvalue weighted by molar-refractivity contribution is 7.98. The molecular weight excluding hydrogens is 292 g/mol. The summed E-state index contributed by atoms with van der Waals surface area (Å²) in [6, 6.07) is 15.2. The zero-order chi connectivity index (χ0) is 14.7. The first-order valence-corrected chi connectivity index (χ1v) is 7.85. The highest BCUT2D eigenvalue weighted by Crippen LogP contribution is 2.34. The lowest BCUT2D eigenvalue weighted by atomic mass is 10.0. The molecule has 1 heterocycles. The minimum Gasteiger partial charge on any atom is -0.435 e. The largest absolute Gasteiger partial charge is 0.435 e. The third-order valence-electron chi connectivity index (χ3n) is 3.37. The molecule has 2 aromatic carbocycles. The summed E-state index contributed by atoms with van der Waals surface area (Å²) >= 11 is 1.87. The van der Waals surface area contributed by atoms with Crippen LogP contribution in [0.25, 0.3) is 0 Å². The number of fused-ring (bicyclic) bond motifs is 1. The van der Waals surface area contributed by atoms with E-state index in [4.69, 9.17) is 0 Å². The lowest BCUT2D eigenvalue weighted by Gasteiger charge is -2.27. The summed E-state index contributed by atoms with van der Waals surface area (Å²) in [5, 5.41) is 3.40. The van der Waals surface area contributed by atoms with E-state index in [1.54, 1.807) is 12.1 Å². The predicted octanol–water partition coefficient (Wildman–Crippen LogP) is 4.69. The van der Waals surface area contributed by atoms with Gasteiger partial charge in [0.2, 0.25) is 0 Å². The second kappa shape index (κ2) is 6.35. The Hall–Kier alpha value is -1.75. The van der Waals surface area contributed by atoms with Gasteiger partial charge in [0, 0.05) is 23.3 Å². The molecule has 0 fully saturated rings. The van der Waals surface area contributed by atoms with E-state index in [1.807, 2.05) is 30.0 Å². The third kappa shape index (κ3) is 3.47. The van der Waals surface area contributed by atoms with Gasteiger partial charge >= 0.3 is 6.61 Å². The molecule has 0 spiro atoms. The Morgan fingerprint density at radius 2 is 2.00 bits per heavy atom. The minimum absolute atomic E-state index is 0.173. The van der Waals surface area contributed by atoms with Gasteiger partial charge in [-0.05, 0) is 23.3 Å². The fourth-order valence-corrected chi connectivity index (χ4v) is 3.56. The highest BCUT2D eigenvalue weighted by atomic mass is 32.2. The van der Waals surface area contributed by atoms with E-state index in [0.29, 0.717) is 0 Å². The molecule has 0 amide bonds. The lowest BCUT2D eigenvalue weighted by Crippen LogP contribution is -2.18. The summed E-state index contributed by atoms with van der Waals surface area (Å²) in [5.41, 5.74) is 3.39. The Morgan fingerprint density at radius 3 is 2.86 bits per heavy atom. The van der Waals surface area contributed by atoms with Crippen molar-refractivity contribution in [3.05, 3.63) is 59.7 Å². The molecule has 110 valence electrons. The first kappa shape index (κ1) is 14.2. The molecule has 3 rings (SSSR count). The molecule has 1 unspecified atom stereocenters. The Kier molecular flexibility index (Phi) is 4.29. The molecule has 1 aliphatic heterocycles. The number of alkyl halides is 2. The number of anilines is 1. The molecule has 5 heteroatoms. The van der Waals surface area contributed by atoms with Crippen LogP contribution in [0, 0.1) is 0 Å². The van der Waals surface area contributed by atoms with Crippen molar-refractivity contribution in [1.82, 2.24) is 0 Å². The van der Waals surface area contributed by atoms with Crippen LogP contribution in [-0.2, 0) is 5.75 Å². The fraction of sp³-hybridized carbons (Fsp3) is 0.250. The van der Waals surface area contributed by atoms with Gasteiger partial charge in [-0.2, -0.15) is 20.5 Å². The third-order valence-corrected chi connectivity index (χ3v) is 4.46. The van der Waals surface area contributed by atoms with Crippen molar-refractivity contribution < 1.29 is 13.5 Å². The van der Waals surface area contributed by atoms with E-state index >= 15 is 0 Å². The average molecular weight is 307 g/mol. The summed E-state index contributed by atoms with van der Waals surface area (Å²) in [6.07, 6.45) is 0. The molecule has 2 nitrogen and oxygen atoms in total. The zero-order valence-corrected chi connectivity index (χ0v) is 12.1. The number of hydrogen-bond acceptors (Lipinski definition) is 3. The molecular formula is C16H15F2NOS. The van der Waals surface area contributed by atoms with E-state index in [2.05, 4.69) is 22.2 Å². The summed E-state index contributed by atoms with van der Waals surface area (Å²) in [5.74, 6) is 2.14. The molecule has 1 N–H and O–H groups in total. The van der Waals surface area contributed by atoms with Gasteiger partial charge in [-0.25, -0.2) is 0 Å². The van der Waals surface area contributed by atoms with Crippen LogP contribution in [-0.4, -0.2) is 12.4 Å². The van der Waals surface area contributed by atoms with Crippen LogP contribution in [0.3, 0.4) is 0 Å². The van der Waals surface area contributed by atoms with Gasteiger partial charge in [0.15, 0.2) is 0 Å². The summed E-state index contributed by atoms with van der Waals surface area (Å²) in [6.45, 7) is -2.80. The number of ether oxygens (including phenoxy) is 1. The van der Waals surface area contributed by atoms with Gasteiger partial charge in [-0.1, -0.05) is 30.3 Å². The van der Waals surface area contributed by atoms with Crippen LogP contribution in [0.1, 0.15) is 17.2 Å². The summed E-state index contributed by atoms with van der Waals surface area (Å²) in [4.78, 5) is 0. The number of rotatable bonds is 4. The standard InChI is InChI=1S/C16H15F2NOS/c17-16(18)20-13-6-3-5-12(8-13)19-15-10-21-9-11-4-1-2-7-14(11)15/h1-8,15-16,19H,9-10H2. The second-order valence-corrected chi connectivity index (χ2v) is 5.85. The van der Waals surface area contributed by atoms with E-state index < -0.39 is 6.61 Å². The quantitative estimate of drug-likeness (QED) is 0.885. The fourth-order valence-electron chi connectivity index (χ4n) is 2.46. The Labute approximate surface area is 126 Å². The monoisotopic (exact) mass is 307 g/mol. The van der Waals surface area contributed by atoms with E-state index in [1.165, 1.54) is 17.2 Å². The topological polar surface area (TPSA) is 21.3 Å². The SMILES string of the molecule is FC(F)Oc1cccc(NC2CSCc3ccccc32)c1. The molecule has 0 aromatic heterocycles. The summed E-state index contributed by atoms with van der Waals surface area (Å²) in [7, 11) is 0. The number of benzene rings is 2. The van der Waals surface area contributed by atoms with Gasteiger partial charge in [-0.3, -0.25) is 0 Å². The Balaban J connectivity index is 1.78. The molecule has 2 aromatic rings. The maximum Gasteiger partial charge on any atom is 0.387 e. The van der Waals surface area contributed by atoms with Crippen molar-refractivity contribution in [3.8, 4) is 5.75 Å². The molecule has 0 radical (unpaired) electrons. The molecule has 0 aliphatic carbocycles. The zero-order valence-electron chi connectivity index (χ0n) is 11.3. The van der Waals surface area contributed by atoms with Crippen LogP contribution >= 0.6 is 11.8 Å². The van der Waals surface area contributed by atoms with Crippen LogP contribution in [0.2, 0.25) is 0 Å². The molecule has 0 bridgehead atoms. The molecule has 1 aliphatic rings. The molecule has 0 saturated heterocycles. The van der Waals surface area contributed by atoms with Crippen molar-refractivity contribution in [2.45, 2.75) is 18.4 Å². The van der Waals surface area contributed by atoms with Gasteiger partial charge in [0.25, 0.3) is 0 Å². The highest BCUT2D eigenvalue weighted by Gasteiger charge is 2.20. The second-order valence-electron chi connectivity index (χ2n) is 4.82. The van der Waals surface area contributed by atoms with E-state index in [9.17, 15) is 8.78 Å². The maximum atomic E-state index is 12.3. The van der Waals surface area contributed by atoms with Crippen molar-refractivity contribution >= 4 is 17.4 Å². The molecule has 1 atom stereocenters. The number of nitrogens with one attached hydrogen (secondary N) is 1. The van der Waals surface area contributed by atoms with Crippen molar-refractivity contribution in [2.24, 2.45) is 0 Å². The van der Waals surface area contributed by atoms with Crippen LogP contribution in [0.4, 0.5) is 14.5 Å². The van der Waals surface area contributed by atoms with E-state index in [-0.39, 0.29) is 11.8 Å². The van der Waals surface area contributed by atoms with Gasteiger partial charge < -0.3 is 10.1 Å². The predicted molar refractivity (Wildman–Crippen MR) is 82.0 cm³/mol. The summed E-state index contributed by atoms with van der Waals surface area (Å²) < 4.78 is 29.0. The van der Waals surface area contributed by atoms with Gasteiger partial charge in [-0.15, -0.1) is 0 Å². The van der Waals surface area contributed by atoms with Crippen molar-refractivity contribution in [2.75, 3.05) is 11.1 Å². The lowest BCUT2D eigenvalue weighted by molar-refractivity contribution is -0.0498.